The molecule has 0 rings (SSSR count). The first kappa shape index (κ1) is 22.8. The lowest BCUT2D eigenvalue weighted by atomic mass is 10.1. The van der Waals surface area contributed by atoms with E-state index in [9.17, 15) is 9.59 Å². The summed E-state index contributed by atoms with van der Waals surface area (Å²) in [4.78, 5) is 23.4. The van der Waals surface area contributed by atoms with Crippen LogP contribution in [0.3, 0.4) is 0 Å². The second-order valence-electron chi connectivity index (χ2n) is 5.34. The van der Waals surface area contributed by atoms with Crippen LogP contribution in [-0.2, 0) is 19.1 Å². The molecule has 0 aromatic heterocycles. The van der Waals surface area contributed by atoms with Crippen LogP contribution < -0.4 is 0 Å². The molecule has 0 radical (unpaired) electrons. The molecule has 0 fully saturated rings. The summed E-state index contributed by atoms with van der Waals surface area (Å²) in [6.07, 6.45) is 1.34. The molecule has 4 nitrogen and oxygen atoms in total. The van der Waals surface area contributed by atoms with Gasteiger partial charge in [-0.2, -0.15) is 0 Å². The number of Topliss-reactive ketones (excluding diaryl/α,β-unsaturated/α-hetero) is 2. The van der Waals surface area contributed by atoms with E-state index in [2.05, 4.69) is 0 Å². The highest BCUT2D eigenvalue weighted by atomic mass is 32.2. The number of carbonyl (C=O) groups excluding carboxylic acids is 2. The maximum absolute atomic E-state index is 11.7. The van der Waals surface area contributed by atoms with Gasteiger partial charge in [0.1, 0.15) is 11.6 Å². The number of ether oxygens (including phenoxy) is 2. The van der Waals surface area contributed by atoms with Gasteiger partial charge in [0.15, 0.2) is 0 Å². The lowest BCUT2D eigenvalue weighted by Crippen LogP contribution is -2.11. The number of thiocarbonyl (C=S) groups is 2. The topological polar surface area (TPSA) is 52.6 Å². The minimum atomic E-state index is 0.0194. The molecule has 0 heterocycles. The van der Waals surface area contributed by atoms with Crippen LogP contribution in [0.5, 0.6) is 0 Å². The fraction of sp³-hybridized carbons (Fsp3) is 0.733. The van der Waals surface area contributed by atoms with Crippen LogP contribution in [0.4, 0.5) is 0 Å². The molecule has 0 N–H and O–H groups in total. The number of rotatable bonds is 10. The van der Waals surface area contributed by atoms with Crippen molar-refractivity contribution < 1.29 is 19.1 Å². The van der Waals surface area contributed by atoms with Crippen LogP contribution in [-0.4, -0.2) is 44.0 Å². The van der Waals surface area contributed by atoms with Crippen molar-refractivity contribution in [3.63, 3.8) is 0 Å². The molecule has 0 aromatic rings. The van der Waals surface area contributed by atoms with Gasteiger partial charge in [-0.05, 0) is 58.6 Å². The molecule has 0 aliphatic heterocycles. The first-order valence-electron chi connectivity index (χ1n) is 7.41. The van der Waals surface area contributed by atoms with Crippen molar-refractivity contribution in [2.24, 2.45) is 0 Å². The highest BCUT2D eigenvalue weighted by Crippen LogP contribution is 2.12. The fourth-order valence-electron chi connectivity index (χ4n) is 1.36. The summed E-state index contributed by atoms with van der Waals surface area (Å²) in [5.74, 6) is 0.731. The molecular formula is C15H24O4S4. The van der Waals surface area contributed by atoms with Crippen molar-refractivity contribution >= 4 is 68.3 Å². The van der Waals surface area contributed by atoms with Crippen LogP contribution in [0.1, 0.15) is 47.0 Å². The zero-order valence-electron chi connectivity index (χ0n) is 14.0. The Morgan fingerprint density at radius 3 is 1.48 bits per heavy atom. The second kappa shape index (κ2) is 13.1. The predicted molar refractivity (Wildman–Crippen MR) is 106 cm³/mol. The summed E-state index contributed by atoms with van der Waals surface area (Å²) in [6, 6.07) is 0. The van der Waals surface area contributed by atoms with Gasteiger partial charge in [-0.1, -0.05) is 23.5 Å². The van der Waals surface area contributed by atoms with E-state index in [0.29, 0.717) is 39.5 Å². The molecule has 0 bridgehead atoms. The van der Waals surface area contributed by atoms with E-state index in [-0.39, 0.29) is 23.8 Å². The average Bonchev–Trinajstić information content (AvgIpc) is 2.41. The first-order valence-corrected chi connectivity index (χ1v) is 10.2. The number of thioether (sulfide) groups is 2. The Morgan fingerprint density at radius 1 is 0.826 bits per heavy atom. The summed E-state index contributed by atoms with van der Waals surface area (Å²) in [5, 5.41) is 0. The molecule has 23 heavy (non-hydrogen) atoms. The van der Waals surface area contributed by atoms with Crippen LogP contribution in [0, 0.1) is 0 Å². The smallest absolute Gasteiger partial charge is 0.220 e. The molecule has 0 spiro atoms. The number of hydrogen-bond donors (Lipinski definition) is 0. The van der Waals surface area contributed by atoms with Gasteiger partial charge in [-0.25, -0.2) is 0 Å². The minimum absolute atomic E-state index is 0.0194. The van der Waals surface area contributed by atoms with E-state index in [1.54, 1.807) is 0 Å². The van der Waals surface area contributed by atoms with Gasteiger partial charge in [-0.15, -0.1) is 0 Å². The normalized spacial score (nSPS) is 10.7. The highest BCUT2D eigenvalue weighted by Gasteiger charge is 2.10. The number of carbonyl (C=O) groups is 2. The predicted octanol–water partition coefficient (Wildman–Crippen LogP) is 4.18. The van der Waals surface area contributed by atoms with E-state index in [1.165, 1.54) is 23.5 Å². The van der Waals surface area contributed by atoms with Crippen molar-refractivity contribution in [1.29, 1.82) is 0 Å². The van der Waals surface area contributed by atoms with Crippen molar-refractivity contribution in [1.82, 2.24) is 0 Å². The fourth-order valence-corrected chi connectivity index (χ4v) is 3.46. The quantitative estimate of drug-likeness (QED) is 0.510. The Labute approximate surface area is 157 Å². The van der Waals surface area contributed by atoms with Gasteiger partial charge >= 0.3 is 0 Å². The van der Waals surface area contributed by atoms with Gasteiger partial charge in [0, 0.05) is 12.8 Å². The van der Waals surface area contributed by atoms with Crippen molar-refractivity contribution in [3.05, 3.63) is 0 Å². The first-order chi connectivity index (χ1) is 10.7. The van der Waals surface area contributed by atoms with E-state index in [1.807, 2.05) is 27.7 Å². The van der Waals surface area contributed by atoms with Gasteiger partial charge in [0.25, 0.3) is 0 Å². The van der Waals surface area contributed by atoms with Crippen LogP contribution >= 0.6 is 48.0 Å². The zero-order chi connectivity index (χ0) is 17.8. The monoisotopic (exact) mass is 396 g/mol. The molecule has 8 heteroatoms. The summed E-state index contributed by atoms with van der Waals surface area (Å²) >= 11 is 12.5. The maximum atomic E-state index is 11.7. The molecule has 0 saturated heterocycles. The van der Waals surface area contributed by atoms with Gasteiger partial charge in [-0.3, -0.25) is 9.59 Å². The van der Waals surface area contributed by atoms with Crippen LogP contribution in [0.25, 0.3) is 0 Å². The van der Waals surface area contributed by atoms with Gasteiger partial charge in [0.05, 0.1) is 23.7 Å². The van der Waals surface area contributed by atoms with Crippen LogP contribution in [0.2, 0.25) is 0 Å². The molecule has 0 unspecified atom stereocenters. The third-order valence-corrected chi connectivity index (χ3v) is 4.77. The Hall–Kier alpha value is -0.180. The Morgan fingerprint density at radius 2 is 1.17 bits per heavy atom. The Kier molecular flexibility index (Phi) is 13.0. The summed E-state index contributed by atoms with van der Waals surface area (Å²) in [7, 11) is 0. The Bertz CT molecular complexity index is 384. The zero-order valence-corrected chi connectivity index (χ0v) is 17.2. The van der Waals surface area contributed by atoms with Crippen molar-refractivity contribution in [2.75, 3.05) is 11.5 Å². The largest absolute Gasteiger partial charge is 0.476 e. The molecule has 0 atom stereocenters. The maximum Gasteiger partial charge on any atom is 0.220 e. The standard InChI is InChI=1S/C15H24O4S4/c1-10(2)18-14(20)22-8-12(16)6-5-7-13(17)9-23-15(21)19-11(3)4/h10-11H,5-9H2,1-4H3. The van der Waals surface area contributed by atoms with Crippen LogP contribution in [0.15, 0.2) is 0 Å². The lowest BCUT2D eigenvalue weighted by molar-refractivity contribution is -0.117. The molecule has 0 amide bonds. The third-order valence-electron chi connectivity index (χ3n) is 2.28. The van der Waals surface area contributed by atoms with E-state index >= 15 is 0 Å². The Balaban J connectivity index is 3.72. The lowest BCUT2D eigenvalue weighted by Gasteiger charge is -2.09. The summed E-state index contributed by atoms with van der Waals surface area (Å²) < 4.78 is 11.3. The van der Waals surface area contributed by atoms with Gasteiger partial charge in [0.2, 0.25) is 8.77 Å². The summed E-state index contributed by atoms with van der Waals surface area (Å²) in [6.45, 7) is 7.54. The molecule has 0 saturated carbocycles. The second-order valence-corrected chi connectivity index (χ2v) is 8.50. The average molecular weight is 397 g/mol. The SMILES string of the molecule is CC(C)OC(=S)SCC(=O)CCCC(=O)CSC(=S)OC(C)C. The third kappa shape index (κ3) is 15.1. The van der Waals surface area contributed by atoms with E-state index < -0.39 is 0 Å². The molecule has 132 valence electrons. The van der Waals surface area contributed by atoms with E-state index in [4.69, 9.17) is 33.9 Å². The minimum Gasteiger partial charge on any atom is -0.476 e. The van der Waals surface area contributed by atoms with Crippen molar-refractivity contribution in [3.8, 4) is 0 Å². The van der Waals surface area contributed by atoms with Gasteiger partial charge < -0.3 is 9.47 Å². The highest BCUT2D eigenvalue weighted by molar-refractivity contribution is 8.23. The molecule has 0 aliphatic rings. The number of hydrogen-bond acceptors (Lipinski definition) is 8. The molecule has 0 aliphatic carbocycles. The van der Waals surface area contributed by atoms with Crippen molar-refractivity contribution in [2.45, 2.75) is 59.2 Å². The molecule has 0 aromatic carbocycles. The number of ketones is 2. The summed E-state index contributed by atoms with van der Waals surface area (Å²) in [5.41, 5.74) is 0. The van der Waals surface area contributed by atoms with E-state index in [0.717, 1.165) is 0 Å². The molecular weight excluding hydrogens is 372 g/mol.